The van der Waals surface area contributed by atoms with Gasteiger partial charge in [-0.25, -0.2) is 0 Å². The number of ether oxygens (including phenoxy) is 1. The molecule has 1 amide bonds. The number of carbonyl (C=O) groups excluding carboxylic acids is 1. The maximum Gasteiger partial charge on any atom is 0.245 e. The van der Waals surface area contributed by atoms with Crippen molar-refractivity contribution in [2.24, 2.45) is 0 Å². The Hall–Kier alpha value is -2.19. The normalized spacial score (nSPS) is 23.6. The van der Waals surface area contributed by atoms with Crippen LogP contribution in [0.3, 0.4) is 0 Å². The number of hydrogen-bond acceptors (Lipinski definition) is 7. The zero-order valence-electron chi connectivity index (χ0n) is 15.7. The molecule has 0 bridgehead atoms. The van der Waals surface area contributed by atoms with E-state index in [-0.39, 0.29) is 18.1 Å². The summed E-state index contributed by atoms with van der Waals surface area (Å²) in [6.07, 6.45) is 6.57. The Morgan fingerprint density at radius 2 is 2.15 bits per heavy atom. The van der Waals surface area contributed by atoms with Crippen LogP contribution in [-0.4, -0.2) is 52.6 Å². The van der Waals surface area contributed by atoms with E-state index in [1.165, 1.54) is 0 Å². The molecule has 4 rings (SSSR count). The van der Waals surface area contributed by atoms with Crippen molar-refractivity contribution >= 4 is 5.91 Å². The third-order valence-corrected chi connectivity index (χ3v) is 5.30. The number of likely N-dealkylation sites (tertiary alicyclic amines) is 1. The van der Waals surface area contributed by atoms with Crippen LogP contribution in [0, 0.1) is 0 Å². The van der Waals surface area contributed by atoms with E-state index >= 15 is 0 Å². The van der Waals surface area contributed by atoms with Gasteiger partial charge in [-0.1, -0.05) is 6.42 Å². The monoisotopic (exact) mass is 374 g/mol. The number of rotatable bonds is 6. The van der Waals surface area contributed by atoms with Crippen molar-refractivity contribution < 1.29 is 18.4 Å². The first kappa shape index (κ1) is 18.2. The summed E-state index contributed by atoms with van der Waals surface area (Å²) in [6, 6.07) is 3.69. The largest absolute Gasteiger partial charge is 0.467 e. The number of hydrogen-bond donors (Lipinski definition) is 0. The zero-order valence-corrected chi connectivity index (χ0v) is 15.7. The van der Waals surface area contributed by atoms with Gasteiger partial charge >= 0.3 is 0 Å². The molecule has 4 heterocycles. The molecule has 146 valence electrons. The molecule has 0 radical (unpaired) electrons. The Morgan fingerprint density at radius 3 is 2.93 bits per heavy atom. The lowest BCUT2D eigenvalue weighted by Crippen LogP contribution is -2.42. The summed E-state index contributed by atoms with van der Waals surface area (Å²) < 4.78 is 16.9. The molecule has 27 heavy (non-hydrogen) atoms. The topological polar surface area (TPSA) is 84.8 Å². The fraction of sp³-hybridized carbons (Fsp3) is 0.632. The van der Waals surface area contributed by atoms with Crippen LogP contribution in [0.2, 0.25) is 0 Å². The van der Waals surface area contributed by atoms with E-state index in [1.807, 2.05) is 12.1 Å². The fourth-order valence-corrected chi connectivity index (χ4v) is 3.76. The second-order valence-electron chi connectivity index (χ2n) is 7.29. The number of aromatic nitrogens is 2. The van der Waals surface area contributed by atoms with E-state index in [4.69, 9.17) is 13.6 Å². The number of carbonyl (C=O) groups is 1. The molecule has 8 nitrogen and oxygen atoms in total. The molecule has 0 aliphatic carbocycles. The maximum absolute atomic E-state index is 12.7. The van der Waals surface area contributed by atoms with Gasteiger partial charge in [-0.3, -0.25) is 9.69 Å². The highest BCUT2D eigenvalue weighted by atomic mass is 16.5. The van der Waals surface area contributed by atoms with Crippen LogP contribution >= 0.6 is 0 Å². The summed E-state index contributed by atoms with van der Waals surface area (Å²) in [7, 11) is 1.80. The average molecular weight is 374 g/mol. The molecule has 2 saturated heterocycles. The molecule has 2 aromatic rings. The van der Waals surface area contributed by atoms with Crippen LogP contribution in [0.25, 0.3) is 0 Å². The lowest BCUT2D eigenvalue weighted by molar-refractivity contribution is -0.133. The fourth-order valence-electron chi connectivity index (χ4n) is 3.76. The minimum absolute atomic E-state index is 0.0117. The van der Waals surface area contributed by atoms with Gasteiger partial charge in [0.1, 0.15) is 11.9 Å². The Balaban J connectivity index is 1.40. The van der Waals surface area contributed by atoms with Gasteiger partial charge in [-0.15, -0.1) is 10.2 Å². The molecule has 0 spiro atoms. The third kappa shape index (κ3) is 4.22. The Labute approximate surface area is 158 Å². The summed E-state index contributed by atoms with van der Waals surface area (Å²) in [4.78, 5) is 16.5. The van der Waals surface area contributed by atoms with Crippen LogP contribution < -0.4 is 0 Å². The standard InChI is InChI=1S/C19H26N4O4/c1-22(12-14-6-4-10-25-14)17(24)13-23-9-3-2-7-15(23)18-20-21-19(27-18)16-8-5-11-26-16/h4,6,10,15-16H,2-3,5,7-9,11-13H2,1H3/t15-,16+/m0/s1. The van der Waals surface area contributed by atoms with Gasteiger partial charge in [0.15, 0.2) is 0 Å². The van der Waals surface area contributed by atoms with E-state index in [0.29, 0.717) is 24.9 Å². The van der Waals surface area contributed by atoms with Crippen LogP contribution in [0.15, 0.2) is 27.2 Å². The van der Waals surface area contributed by atoms with E-state index in [0.717, 1.165) is 51.0 Å². The van der Waals surface area contributed by atoms with Gasteiger partial charge in [-0.2, -0.15) is 0 Å². The first-order valence-corrected chi connectivity index (χ1v) is 9.66. The first-order valence-electron chi connectivity index (χ1n) is 9.66. The number of furan rings is 1. The number of likely N-dealkylation sites (N-methyl/N-ethyl adjacent to an activating group) is 1. The summed E-state index contributed by atoms with van der Waals surface area (Å²) in [5.74, 6) is 1.99. The number of nitrogens with zero attached hydrogens (tertiary/aromatic N) is 4. The van der Waals surface area contributed by atoms with Crippen molar-refractivity contribution in [1.29, 1.82) is 0 Å². The summed E-state index contributed by atoms with van der Waals surface area (Å²) in [6.45, 7) is 2.39. The van der Waals surface area contributed by atoms with Crippen LogP contribution in [0.4, 0.5) is 0 Å². The second kappa shape index (κ2) is 8.22. The number of piperidine rings is 1. The Kier molecular flexibility index (Phi) is 5.54. The molecule has 2 atom stereocenters. The second-order valence-corrected chi connectivity index (χ2v) is 7.29. The van der Waals surface area contributed by atoms with Crippen LogP contribution in [-0.2, 0) is 16.1 Å². The van der Waals surface area contributed by atoms with Crippen LogP contribution in [0.1, 0.15) is 61.8 Å². The molecule has 0 N–H and O–H groups in total. The van der Waals surface area contributed by atoms with Crippen molar-refractivity contribution in [3.05, 3.63) is 35.9 Å². The van der Waals surface area contributed by atoms with Gasteiger partial charge in [0.25, 0.3) is 0 Å². The highest BCUT2D eigenvalue weighted by molar-refractivity contribution is 5.78. The summed E-state index contributed by atoms with van der Waals surface area (Å²) in [5.41, 5.74) is 0. The lowest BCUT2D eigenvalue weighted by atomic mass is 10.0. The SMILES string of the molecule is CN(Cc1ccco1)C(=O)CN1CCCC[C@H]1c1nnc([C@H]2CCCO2)o1. The van der Waals surface area contributed by atoms with Gasteiger partial charge < -0.3 is 18.5 Å². The molecule has 2 fully saturated rings. The zero-order chi connectivity index (χ0) is 18.6. The van der Waals surface area contributed by atoms with Gasteiger partial charge in [0, 0.05) is 13.7 Å². The van der Waals surface area contributed by atoms with Crippen molar-refractivity contribution in [2.75, 3.05) is 26.7 Å². The Morgan fingerprint density at radius 1 is 1.26 bits per heavy atom. The van der Waals surface area contributed by atoms with Crippen LogP contribution in [0.5, 0.6) is 0 Å². The highest BCUT2D eigenvalue weighted by Gasteiger charge is 2.32. The maximum atomic E-state index is 12.7. The van der Waals surface area contributed by atoms with Gasteiger partial charge in [-0.05, 0) is 44.4 Å². The highest BCUT2D eigenvalue weighted by Crippen LogP contribution is 2.33. The number of amides is 1. The smallest absolute Gasteiger partial charge is 0.245 e. The van der Waals surface area contributed by atoms with Gasteiger partial charge in [0.2, 0.25) is 17.7 Å². The predicted molar refractivity (Wildman–Crippen MR) is 95.6 cm³/mol. The predicted octanol–water partition coefficient (Wildman–Crippen LogP) is 2.70. The van der Waals surface area contributed by atoms with E-state index in [2.05, 4.69) is 15.1 Å². The molecular formula is C19H26N4O4. The molecule has 0 unspecified atom stereocenters. The molecule has 0 saturated carbocycles. The minimum Gasteiger partial charge on any atom is -0.467 e. The summed E-state index contributed by atoms with van der Waals surface area (Å²) in [5, 5.41) is 8.47. The van der Waals surface area contributed by atoms with Crippen molar-refractivity contribution in [3.63, 3.8) is 0 Å². The van der Waals surface area contributed by atoms with Gasteiger partial charge in [0.05, 0.1) is 25.4 Å². The van der Waals surface area contributed by atoms with Crippen molar-refractivity contribution in [2.45, 2.75) is 50.8 Å². The molecule has 8 heteroatoms. The summed E-state index contributed by atoms with van der Waals surface area (Å²) >= 11 is 0. The Bertz CT molecular complexity index is 739. The first-order chi connectivity index (χ1) is 13.2. The molecular weight excluding hydrogens is 348 g/mol. The van der Waals surface area contributed by atoms with E-state index in [9.17, 15) is 4.79 Å². The van der Waals surface area contributed by atoms with Crippen molar-refractivity contribution in [1.82, 2.24) is 20.0 Å². The molecule has 2 aliphatic rings. The van der Waals surface area contributed by atoms with E-state index < -0.39 is 0 Å². The molecule has 2 aliphatic heterocycles. The molecule has 2 aromatic heterocycles. The van der Waals surface area contributed by atoms with E-state index in [1.54, 1.807) is 18.2 Å². The quantitative estimate of drug-likeness (QED) is 0.768. The third-order valence-electron chi connectivity index (χ3n) is 5.30. The minimum atomic E-state index is -0.0793. The van der Waals surface area contributed by atoms with Crippen molar-refractivity contribution in [3.8, 4) is 0 Å². The lowest BCUT2D eigenvalue weighted by Gasteiger charge is -2.33. The molecule has 0 aromatic carbocycles. The average Bonchev–Trinajstić information content (AvgIpc) is 3.43.